The van der Waals surface area contributed by atoms with Crippen LogP contribution in [0.15, 0.2) is 48.5 Å². The second kappa shape index (κ2) is 6.88. The number of rotatable bonds is 3. The second-order valence-corrected chi connectivity index (χ2v) is 5.72. The minimum Gasteiger partial charge on any atom is -0.370 e. The van der Waals surface area contributed by atoms with E-state index in [9.17, 15) is 8.78 Å². The molecule has 2 aromatic rings. The van der Waals surface area contributed by atoms with Gasteiger partial charge < -0.3 is 4.90 Å². The first-order valence-electron chi connectivity index (χ1n) is 7.68. The molecule has 4 heteroatoms. The number of nitrogens with zero attached hydrogens (tertiary/aromatic N) is 2. The van der Waals surface area contributed by atoms with Crippen molar-refractivity contribution in [3.8, 4) is 0 Å². The molecule has 1 aliphatic heterocycles. The summed E-state index contributed by atoms with van der Waals surface area (Å²) in [7, 11) is 0. The normalized spacial score (nSPS) is 16.5. The third-order valence-corrected chi connectivity index (χ3v) is 4.10. The Hall–Kier alpha value is -1.94. The maximum atomic E-state index is 13.0. The van der Waals surface area contributed by atoms with Gasteiger partial charge in [0.15, 0.2) is 0 Å². The van der Waals surface area contributed by atoms with E-state index >= 15 is 0 Å². The average Bonchev–Trinajstić information content (AvgIpc) is 2.76. The molecule has 0 N–H and O–H groups in total. The third kappa shape index (κ3) is 3.83. The number of hydrogen-bond donors (Lipinski definition) is 0. The lowest BCUT2D eigenvalue weighted by Gasteiger charge is -2.23. The monoisotopic (exact) mass is 302 g/mol. The summed E-state index contributed by atoms with van der Waals surface area (Å²) in [6.45, 7) is 4.72. The van der Waals surface area contributed by atoms with Gasteiger partial charge in [-0.2, -0.15) is 0 Å². The Morgan fingerprint density at radius 2 is 1.36 bits per heavy atom. The molecule has 0 spiro atoms. The Balaban J connectivity index is 1.59. The van der Waals surface area contributed by atoms with Crippen LogP contribution in [0.2, 0.25) is 0 Å². The standard InChI is InChI=1S/C18H20F2N2/c19-16-4-2-15(3-5-16)14-21-10-1-11-22(13-12-21)18-8-6-17(20)7-9-18/h2-9H,1,10-14H2. The van der Waals surface area contributed by atoms with Gasteiger partial charge in [0.05, 0.1) is 0 Å². The Bertz CT molecular complexity index is 595. The van der Waals surface area contributed by atoms with Crippen LogP contribution in [0, 0.1) is 11.6 Å². The third-order valence-electron chi connectivity index (χ3n) is 4.10. The molecule has 0 bridgehead atoms. The molecule has 0 aliphatic carbocycles. The minimum atomic E-state index is -0.198. The molecule has 0 aromatic heterocycles. The average molecular weight is 302 g/mol. The van der Waals surface area contributed by atoms with Crippen LogP contribution in [0.4, 0.5) is 14.5 Å². The van der Waals surface area contributed by atoms with E-state index in [1.54, 1.807) is 0 Å². The lowest BCUT2D eigenvalue weighted by atomic mass is 10.2. The van der Waals surface area contributed by atoms with E-state index in [0.717, 1.165) is 50.4 Å². The van der Waals surface area contributed by atoms with E-state index in [-0.39, 0.29) is 11.6 Å². The van der Waals surface area contributed by atoms with Gasteiger partial charge >= 0.3 is 0 Å². The maximum absolute atomic E-state index is 13.0. The van der Waals surface area contributed by atoms with Gasteiger partial charge in [-0.25, -0.2) is 8.78 Å². The van der Waals surface area contributed by atoms with Gasteiger partial charge in [-0.3, -0.25) is 4.90 Å². The van der Waals surface area contributed by atoms with Gasteiger partial charge in [0.2, 0.25) is 0 Å². The number of hydrogen-bond acceptors (Lipinski definition) is 2. The molecule has 2 nitrogen and oxygen atoms in total. The maximum Gasteiger partial charge on any atom is 0.123 e. The summed E-state index contributed by atoms with van der Waals surface area (Å²) >= 11 is 0. The molecule has 1 heterocycles. The molecular weight excluding hydrogens is 282 g/mol. The van der Waals surface area contributed by atoms with E-state index in [1.807, 2.05) is 24.3 Å². The van der Waals surface area contributed by atoms with Gasteiger partial charge in [0.1, 0.15) is 11.6 Å². The van der Waals surface area contributed by atoms with E-state index in [1.165, 1.54) is 24.3 Å². The summed E-state index contributed by atoms with van der Waals surface area (Å²) in [5.74, 6) is -0.390. The van der Waals surface area contributed by atoms with Crippen LogP contribution >= 0.6 is 0 Å². The first-order chi connectivity index (χ1) is 10.7. The minimum absolute atomic E-state index is 0.192. The van der Waals surface area contributed by atoms with Crippen LogP contribution < -0.4 is 4.90 Å². The largest absolute Gasteiger partial charge is 0.370 e. The Morgan fingerprint density at radius 1 is 0.727 bits per heavy atom. The molecule has 0 radical (unpaired) electrons. The predicted molar refractivity (Wildman–Crippen MR) is 84.9 cm³/mol. The molecule has 0 saturated carbocycles. The molecule has 116 valence electrons. The van der Waals surface area contributed by atoms with Crippen LogP contribution in [0.3, 0.4) is 0 Å². The van der Waals surface area contributed by atoms with Gasteiger partial charge in [0, 0.05) is 38.4 Å². The van der Waals surface area contributed by atoms with Crippen LogP contribution in [0.5, 0.6) is 0 Å². The highest BCUT2D eigenvalue weighted by Crippen LogP contribution is 2.18. The van der Waals surface area contributed by atoms with Crippen molar-refractivity contribution < 1.29 is 8.78 Å². The predicted octanol–water partition coefficient (Wildman–Crippen LogP) is 3.68. The quantitative estimate of drug-likeness (QED) is 0.853. The molecule has 1 saturated heterocycles. The van der Waals surface area contributed by atoms with Crippen molar-refractivity contribution in [3.63, 3.8) is 0 Å². The zero-order chi connectivity index (χ0) is 15.4. The molecule has 22 heavy (non-hydrogen) atoms. The van der Waals surface area contributed by atoms with Crippen molar-refractivity contribution in [1.82, 2.24) is 4.90 Å². The Kier molecular flexibility index (Phi) is 4.68. The van der Waals surface area contributed by atoms with Crippen LogP contribution in [-0.4, -0.2) is 31.1 Å². The smallest absolute Gasteiger partial charge is 0.123 e. The molecule has 2 aromatic carbocycles. The summed E-state index contributed by atoms with van der Waals surface area (Å²) < 4.78 is 26.0. The topological polar surface area (TPSA) is 6.48 Å². The van der Waals surface area contributed by atoms with Crippen LogP contribution in [-0.2, 0) is 6.54 Å². The summed E-state index contributed by atoms with van der Waals surface area (Å²) in [5, 5.41) is 0. The lowest BCUT2D eigenvalue weighted by molar-refractivity contribution is 0.285. The van der Waals surface area contributed by atoms with Crippen LogP contribution in [0.1, 0.15) is 12.0 Å². The molecule has 1 aliphatic rings. The summed E-state index contributed by atoms with van der Waals surface area (Å²) in [4.78, 5) is 4.68. The van der Waals surface area contributed by atoms with Crippen molar-refractivity contribution in [2.24, 2.45) is 0 Å². The zero-order valence-corrected chi connectivity index (χ0v) is 12.5. The molecule has 0 unspecified atom stereocenters. The van der Waals surface area contributed by atoms with Crippen molar-refractivity contribution >= 4 is 5.69 Å². The zero-order valence-electron chi connectivity index (χ0n) is 12.5. The first kappa shape index (κ1) is 15.0. The van der Waals surface area contributed by atoms with Crippen molar-refractivity contribution in [3.05, 3.63) is 65.7 Å². The number of halogens is 2. The molecule has 0 atom stereocenters. The highest BCUT2D eigenvalue weighted by Gasteiger charge is 2.15. The summed E-state index contributed by atoms with van der Waals surface area (Å²) in [5.41, 5.74) is 2.21. The molecule has 3 rings (SSSR count). The molecular formula is C18H20F2N2. The SMILES string of the molecule is Fc1ccc(CN2CCCN(c3ccc(F)cc3)CC2)cc1. The van der Waals surface area contributed by atoms with Crippen molar-refractivity contribution in [2.75, 3.05) is 31.1 Å². The Morgan fingerprint density at radius 3 is 2.05 bits per heavy atom. The van der Waals surface area contributed by atoms with Gasteiger partial charge in [-0.05, 0) is 48.4 Å². The number of anilines is 1. The van der Waals surface area contributed by atoms with E-state index in [0.29, 0.717) is 0 Å². The molecule has 1 fully saturated rings. The summed E-state index contributed by atoms with van der Waals surface area (Å²) in [6, 6.07) is 13.4. The fourth-order valence-electron chi connectivity index (χ4n) is 2.89. The Labute approximate surface area is 130 Å². The fraction of sp³-hybridized carbons (Fsp3) is 0.333. The van der Waals surface area contributed by atoms with Crippen LogP contribution in [0.25, 0.3) is 0 Å². The second-order valence-electron chi connectivity index (χ2n) is 5.72. The van der Waals surface area contributed by atoms with Gasteiger partial charge in [-0.15, -0.1) is 0 Å². The van der Waals surface area contributed by atoms with Crippen molar-refractivity contribution in [1.29, 1.82) is 0 Å². The summed E-state index contributed by atoms with van der Waals surface area (Å²) in [6.07, 6.45) is 1.07. The lowest BCUT2D eigenvalue weighted by Crippen LogP contribution is -2.30. The fourth-order valence-corrected chi connectivity index (χ4v) is 2.89. The van der Waals surface area contributed by atoms with Gasteiger partial charge in [0.25, 0.3) is 0 Å². The number of benzene rings is 2. The van der Waals surface area contributed by atoms with Crippen molar-refractivity contribution in [2.45, 2.75) is 13.0 Å². The van der Waals surface area contributed by atoms with E-state index in [2.05, 4.69) is 9.80 Å². The van der Waals surface area contributed by atoms with E-state index < -0.39 is 0 Å². The van der Waals surface area contributed by atoms with Gasteiger partial charge in [-0.1, -0.05) is 12.1 Å². The first-order valence-corrected chi connectivity index (χ1v) is 7.68. The highest BCUT2D eigenvalue weighted by atomic mass is 19.1. The van der Waals surface area contributed by atoms with E-state index in [4.69, 9.17) is 0 Å². The highest BCUT2D eigenvalue weighted by molar-refractivity contribution is 5.46. The molecule has 0 amide bonds.